The summed E-state index contributed by atoms with van der Waals surface area (Å²) in [5, 5.41) is 8.24. The number of ketones is 1. The van der Waals surface area contributed by atoms with Crippen molar-refractivity contribution in [3.8, 4) is 0 Å². The van der Waals surface area contributed by atoms with Crippen LogP contribution in [-0.4, -0.2) is 25.3 Å². The number of rotatable bonds is 3. The second-order valence-corrected chi connectivity index (χ2v) is 3.72. The van der Waals surface area contributed by atoms with Crippen molar-refractivity contribution in [2.75, 3.05) is 0 Å². The standard InChI is InChI=1S/C11H14N4O/c1-4-15-6-9(5-12-15)11(16)10-7-14(3)13-8(10)2/h5-7H,4H2,1-3H3. The van der Waals surface area contributed by atoms with Gasteiger partial charge in [0.25, 0.3) is 0 Å². The van der Waals surface area contributed by atoms with Crippen LogP contribution in [0.1, 0.15) is 28.5 Å². The second kappa shape index (κ2) is 3.92. The molecule has 0 aliphatic heterocycles. The molecule has 2 aromatic rings. The van der Waals surface area contributed by atoms with E-state index in [0.29, 0.717) is 11.1 Å². The van der Waals surface area contributed by atoms with Crippen LogP contribution >= 0.6 is 0 Å². The monoisotopic (exact) mass is 218 g/mol. The smallest absolute Gasteiger partial charge is 0.199 e. The summed E-state index contributed by atoms with van der Waals surface area (Å²) in [5.74, 6) is -0.0229. The Morgan fingerprint density at radius 1 is 1.44 bits per heavy atom. The van der Waals surface area contributed by atoms with E-state index in [1.807, 2.05) is 13.8 Å². The zero-order valence-electron chi connectivity index (χ0n) is 9.64. The molecule has 2 aromatic heterocycles. The second-order valence-electron chi connectivity index (χ2n) is 3.72. The predicted octanol–water partition coefficient (Wildman–Crippen LogP) is 1.18. The molecule has 0 aromatic carbocycles. The minimum Gasteiger partial charge on any atom is -0.288 e. The summed E-state index contributed by atoms with van der Waals surface area (Å²) in [6.45, 7) is 4.58. The highest BCUT2D eigenvalue weighted by atomic mass is 16.1. The molecule has 2 heterocycles. The summed E-state index contributed by atoms with van der Waals surface area (Å²) in [4.78, 5) is 12.1. The number of carbonyl (C=O) groups excluding carboxylic acids is 1. The molecule has 16 heavy (non-hydrogen) atoms. The lowest BCUT2D eigenvalue weighted by Crippen LogP contribution is -2.00. The van der Waals surface area contributed by atoms with Crippen LogP contribution < -0.4 is 0 Å². The van der Waals surface area contributed by atoms with Gasteiger partial charge in [-0.15, -0.1) is 0 Å². The summed E-state index contributed by atoms with van der Waals surface area (Å²) in [6.07, 6.45) is 5.09. The van der Waals surface area contributed by atoms with Crippen LogP contribution in [0, 0.1) is 6.92 Å². The summed E-state index contributed by atoms with van der Waals surface area (Å²) in [6, 6.07) is 0. The summed E-state index contributed by atoms with van der Waals surface area (Å²) >= 11 is 0. The Hall–Kier alpha value is -1.91. The third kappa shape index (κ3) is 1.76. The van der Waals surface area contributed by atoms with Crippen molar-refractivity contribution in [1.82, 2.24) is 19.6 Å². The topological polar surface area (TPSA) is 52.7 Å². The van der Waals surface area contributed by atoms with Crippen LogP contribution in [0.3, 0.4) is 0 Å². The van der Waals surface area contributed by atoms with Crippen molar-refractivity contribution in [3.63, 3.8) is 0 Å². The lowest BCUT2D eigenvalue weighted by atomic mass is 10.1. The summed E-state index contributed by atoms with van der Waals surface area (Å²) in [5.41, 5.74) is 1.99. The summed E-state index contributed by atoms with van der Waals surface area (Å²) < 4.78 is 3.38. The molecule has 0 unspecified atom stereocenters. The van der Waals surface area contributed by atoms with Crippen LogP contribution in [0.5, 0.6) is 0 Å². The van der Waals surface area contributed by atoms with Gasteiger partial charge in [0.1, 0.15) is 0 Å². The summed E-state index contributed by atoms with van der Waals surface area (Å²) in [7, 11) is 1.80. The highest BCUT2D eigenvalue weighted by molar-refractivity contribution is 6.09. The first-order valence-electron chi connectivity index (χ1n) is 5.19. The van der Waals surface area contributed by atoms with E-state index in [9.17, 15) is 4.79 Å². The van der Waals surface area contributed by atoms with E-state index in [2.05, 4.69) is 10.2 Å². The minimum absolute atomic E-state index is 0.0229. The highest BCUT2D eigenvalue weighted by Gasteiger charge is 2.16. The molecule has 0 aliphatic rings. The van der Waals surface area contributed by atoms with Gasteiger partial charge in [0.15, 0.2) is 5.78 Å². The Morgan fingerprint density at radius 3 is 2.69 bits per heavy atom. The molecule has 2 rings (SSSR count). The van der Waals surface area contributed by atoms with Gasteiger partial charge in [0.2, 0.25) is 0 Å². The van der Waals surface area contributed by atoms with Gasteiger partial charge >= 0.3 is 0 Å². The number of aryl methyl sites for hydroxylation is 3. The van der Waals surface area contributed by atoms with Crippen molar-refractivity contribution in [3.05, 3.63) is 35.4 Å². The fraction of sp³-hybridized carbons (Fsp3) is 0.364. The van der Waals surface area contributed by atoms with E-state index in [1.165, 1.54) is 0 Å². The van der Waals surface area contributed by atoms with Gasteiger partial charge in [-0.05, 0) is 13.8 Å². The number of carbonyl (C=O) groups is 1. The first-order valence-corrected chi connectivity index (χ1v) is 5.19. The van der Waals surface area contributed by atoms with E-state index in [1.54, 1.807) is 35.0 Å². The lowest BCUT2D eigenvalue weighted by Gasteiger charge is -1.94. The maximum absolute atomic E-state index is 12.1. The molecule has 5 nitrogen and oxygen atoms in total. The third-order valence-corrected chi connectivity index (χ3v) is 2.48. The number of hydrogen-bond acceptors (Lipinski definition) is 3. The van der Waals surface area contributed by atoms with Crippen molar-refractivity contribution in [2.24, 2.45) is 7.05 Å². The fourth-order valence-electron chi connectivity index (χ4n) is 1.63. The largest absolute Gasteiger partial charge is 0.288 e. The Balaban J connectivity index is 2.35. The van der Waals surface area contributed by atoms with Crippen LogP contribution in [0.2, 0.25) is 0 Å². The van der Waals surface area contributed by atoms with Gasteiger partial charge in [-0.3, -0.25) is 14.2 Å². The van der Waals surface area contributed by atoms with Gasteiger partial charge in [0.05, 0.1) is 23.0 Å². The Kier molecular flexibility index (Phi) is 2.60. The van der Waals surface area contributed by atoms with Gasteiger partial charge in [0, 0.05) is 26.0 Å². The molecule has 0 amide bonds. The van der Waals surface area contributed by atoms with Crippen LogP contribution in [0.15, 0.2) is 18.6 Å². The molecular formula is C11H14N4O. The van der Waals surface area contributed by atoms with Crippen LogP contribution in [0.25, 0.3) is 0 Å². The highest BCUT2D eigenvalue weighted by Crippen LogP contribution is 2.11. The average Bonchev–Trinajstić information content (AvgIpc) is 2.84. The third-order valence-electron chi connectivity index (χ3n) is 2.48. The SMILES string of the molecule is CCn1cc(C(=O)c2cn(C)nc2C)cn1. The quantitative estimate of drug-likeness (QED) is 0.727. The molecule has 0 radical (unpaired) electrons. The molecule has 5 heteroatoms. The number of nitrogens with zero attached hydrogens (tertiary/aromatic N) is 4. The van der Waals surface area contributed by atoms with Crippen molar-refractivity contribution in [2.45, 2.75) is 20.4 Å². The molecule has 0 aliphatic carbocycles. The molecular weight excluding hydrogens is 204 g/mol. The first kappa shape index (κ1) is 10.6. The zero-order chi connectivity index (χ0) is 11.7. The zero-order valence-corrected chi connectivity index (χ0v) is 9.64. The molecule has 0 saturated carbocycles. The molecule has 0 atom stereocenters. The van der Waals surface area contributed by atoms with Gasteiger partial charge < -0.3 is 0 Å². The first-order chi connectivity index (χ1) is 7.61. The molecule has 0 saturated heterocycles. The van der Waals surface area contributed by atoms with Crippen LogP contribution in [0.4, 0.5) is 0 Å². The van der Waals surface area contributed by atoms with Gasteiger partial charge in [-0.2, -0.15) is 10.2 Å². The maximum Gasteiger partial charge on any atom is 0.199 e. The lowest BCUT2D eigenvalue weighted by molar-refractivity contribution is 0.103. The van der Waals surface area contributed by atoms with E-state index >= 15 is 0 Å². The van der Waals surface area contributed by atoms with Crippen molar-refractivity contribution < 1.29 is 4.79 Å². The molecule has 0 N–H and O–H groups in total. The Labute approximate surface area is 93.7 Å². The van der Waals surface area contributed by atoms with E-state index < -0.39 is 0 Å². The normalized spacial score (nSPS) is 10.7. The van der Waals surface area contributed by atoms with Crippen molar-refractivity contribution in [1.29, 1.82) is 0 Å². The van der Waals surface area contributed by atoms with E-state index in [-0.39, 0.29) is 5.78 Å². The van der Waals surface area contributed by atoms with Gasteiger partial charge in [-0.1, -0.05) is 0 Å². The van der Waals surface area contributed by atoms with E-state index in [4.69, 9.17) is 0 Å². The van der Waals surface area contributed by atoms with E-state index in [0.717, 1.165) is 12.2 Å². The molecule has 0 bridgehead atoms. The molecule has 84 valence electrons. The Morgan fingerprint density at radius 2 is 2.19 bits per heavy atom. The predicted molar refractivity (Wildman–Crippen MR) is 59.3 cm³/mol. The maximum atomic E-state index is 12.1. The fourth-order valence-corrected chi connectivity index (χ4v) is 1.63. The number of aromatic nitrogens is 4. The van der Waals surface area contributed by atoms with Crippen molar-refractivity contribution >= 4 is 5.78 Å². The Bertz CT molecular complexity index is 524. The minimum atomic E-state index is -0.0229. The molecule has 0 spiro atoms. The number of hydrogen-bond donors (Lipinski definition) is 0. The van der Waals surface area contributed by atoms with Crippen LogP contribution in [-0.2, 0) is 13.6 Å². The molecule has 0 fully saturated rings. The van der Waals surface area contributed by atoms with Gasteiger partial charge in [-0.25, -0.2) is 0 Å². The average molecular weight is 218 g/mol.